The van der Waals surface area contributed by atoms with Gasteiger partial charge in [-0.3, -0.25) is 9.69 Å². The number of aryl methyl sites for hydroxylation is 1. The molecule has 0 N–H and O–H groups in total. The van der Waals surface area contributed by atoms with Crippen molar-refractivity contribution in [3.8, 4) is 5.75 Å². The highest BCUT2D eigenvalue weighted by molar-refractivity contribution is 6.01. The fourth-order valence-electron chi connectivity index (χ4n) is 5.52. The van der Waals surface area contributed by atoms with Crippen molar-refractivity contribution in [3.63, 3.8) is 0 Å². The zero-order valence-electron chi connectivity index (χ0n) is 27.7. The number of esters is 1. The molecule has 3 aromatic carbocycles. The molecular formula is C39H53NO5. The van der Waals surface area contributed by atoms with Crippen LogP contribution in [0.4, 0.5) is 0 Å². The van der Waals surface area contributed by atoms with Gasteiger partial charge in [0.1, 0.15) is 17.9 Å². The van der Waals surface area contributed by atoms with E-state index >= 15 is 0 Å². The largest absolute Gasteiger partial charge is 0.488 e. The number of likely N-dealkylation sites (N-methyl/N-ethyl adjacent to an activating group) is 1. The SMILES string of the molecule is CCCCCC(CCCOCCCCc1ccccc1)CCN(C)CC(=O)c1ccc(OCc2ccccc2)c(C(=O)OC)c1. The Morgan fingerprint density at radius 3 is 2.18 bits per heavy atom. The standard InChI is InChI=1S/C39H53NO5/c1-4-5-8-16-33(22-15-28-44-27-14-13-19-32-17-9-6-10-18-32)25-26-40(2)30-37(41)35-23-24-38(36(29-35)39(42)43-3)45-31-34-20-11-7-12-21-34/h6-7,9-12,17-18,20-21,23-24,29,33H,4-5,8,13-16,19,22,25-28,30-31H2,1-3H3. The number of ketones is 1. The second-order valence-electron chi connectivity index (χ2n) is 12.0. The molecule has 0 heterocycles. The molecule has 244 valence electrons. The average Bonchev–Trinajstić information content (AvgIpc) is 3.07. The van der Waals surface area contributed by atoms with Gasteiger partial charge in [-0.25, -0.2) is 4.79 Å². The molecule has 1 unspecified atom stereocenters. The Hall–Kier alpha value is -3.48. The van der Waals surface area contributed by atoms with Crippen LogP contribution in [0.25, 0.3) is 0 Å². The van der Waals surface area contributed by atoms with Crippen molar-refractivity contribution >= 4 is 11.8 Å². The molecule has 0 amide bonds. The van der Waals surface area contributed by atoms with Crippen LogP contribution in [0, 0.1) is 5.92 Å². The third-order valence-electron chi connectivity index (χ3n) is 8.24. The van der Waals surface area contributed by atoms with Gasteiger partial charge in [0.25, 0.3) is 0 Å². The van der Waals surface area contributed by atoms with Crippen molar-refractivity contribution in [2.75, 3.05) is 40.5 Å². The third kappa shape index (κ3) is 14.0. The number of rotatable bonds is 23. The lowest BCUT2D eigenvalue weighted by Crippen LogP contribution is -2.28. The number of Topliss-reactive ketones (excluding diaryl/α,β-unsaturated/α-hetero) is 1. The van der Waals surface area contributed by atoms with E-state index in [1.807, 2.05) is 37.4 Å². The summed E-state index contributed by atoms with van der Waals surface area (Å²) < 4.78 is 16.9. The molecule has 0 aliphatic carbocycles. The van der Waals surface area contributed by atoms with Crippen LogP contribution >= 0.6 is 0 Å². The van der Waals surface area contributed by atoms with Crippen molar-refractivity contribution < 1.29 is 23.8 Å². The van der Waals surface area contributed by atoms with Crippen molar-refractivity contribution in [1.29, 1.82) is 0 Å². The third-order valence-corrected chi connectivity index (χ3v) is 8.24. The summed E-state index contributed by atoms with van der Waals surface area (Å²) >= 11 is 0. The molecule has 3 aromatic rings. The normalized spacial score (nSPS) is 11.8. The van der Waals surface area contributed by atoms with E-state index in [1.54, 1.807) is 18.2 Å². The number of benzene rings is 3. The summed E-state index contributed by atoms with van der Waals surface area (Å²) in [5.41, 5.74) is 3.13. The molecular weight excluding hydrogens is 562 g/mol. The summed E-state index contributed by atoms with van der Waals surface area (Å²) in [5.74, 6) is 0.483. The first-order valence-electron chi connectivity index (χ1n) is 16.7. The summed E-state index contributed by atoms with van der Waals surface area (Å²) in [7, 11) is 3.33. The van der Waals surface area contributed by atoms with E-state index in [1.165, 1.54) is 38.4 Å². The van der Waals surface area contributed by atoms with Crippen molar-refractivity contribution in [1.82, 2.24) is 4.90 Å². The lowest BCUT2D eigenvalue weighted by Gasteiger charge is -2.22. The van der Waals surface area contributed by atoms with E-state index in [-0.39, 0.29) is 11.3 Å². The monoisotopic (exact) mass is 615 g/mol. The van der Waals surface area contributed by atoms with Crippen LogP contribution in [0.5, 0.6) is 5.75 Å². The lowest BCUT2D eigenvalue weighted by molar-refractivity contribution is 0.0595. The fraction of sp³-hybridized carbons (Fsp3) is 0.487. The van der Waals surface area contributed by atoms with Gasteiger partial charge in [0.05, 0.1) is 13.7 Å². The van der Waals surface area contributed by atoms with Crippen LogP contribution in [-0.4, -0.2) is 57.1 Å². The topological polar surface area (TPSA) is 65.1 Å². The minimum atomic E-state index is -0.521. The van der Waals surface area contributed by atoms with Gasteiger partial charge in [-0.1, -0.05) is 93.3 Å². The Labute approximate surface area is 271 Å². The molecule has 0 fully saturated rings. The van der Waals surface area contributed by atoms with Crippen LogP contribution in [-0.2, 0) is 22.5 Å². The number of hydrogen-bond donors (Lipinski definition) is 0. The van der Waals surface area contributed by atoms with Gasteiger partial charge in [0.15, 0.2) is 5.78 Å². The van der Waals surface area contributed by atoms with E-state index in [2.05, 4.69) is 42.2 Å². The minimum absolute atomic E-state index is 0.0274. The number of methoxy groups -OCH3 is 1. The summed E-state index contributed by atoms with van der Waals surface area (Å²) in [6.45, 7) is 5.35. The predicted octanol–water partition coefficient (Wildman–Crippen LogP) is 8.57. The number of hydrogen-bond acceptors (Lipinski definition) is 6. The van der Waals surface area contributed by atoms with Gasteiger partial charge < -0.3 is 14.2 Å². The number of carbonyl (C=O) groups is 2. The highest BCUT2D eigenvalue weighted by atomic mass is 16.5. The van der Waals surface area contributed by atoms with E-state index in [4.69, 9.17) is 14.2 Å². The van der Waals surface area contributed by atoms with E-state index < -0.39 is 5.97 Å². The fourth-order valence-corrected chi connectivity index (χ4v) is 5.52. The molecule has 0 aliphatic rings. The number of nitrogens with zero attached hydrogens (tertiary/aromatic N) is 1. The average molecular weight is 616 g/mol. The Morgan fingerprint density at radius 1 is 0.778 bits per heavy atom. The molecule has 0 radical (unpaired) electrons. The lowest BCUT2D eigenvalue weighted by atomic mass is 9.93. The Bertz CT molecular complexity index is 1250. The van der Waals surface area contributed by atoms with Gasteiger partial charge in [0, 0.05) is 18.8 Å². The van der Waals surface area contributed by atoms with Crippen molar-refractivity contribution in [3.05, 3.63) is 101 Å². The van der Waals surface area contributed by atoms with E-state index in [0.29, 0.717) is 30.4 Å². The molecule has 0 bridgehead atoms. The second kappa shape index (κ2) is 21.3. The number of unbranched alkanes of at least 4 members (excludes halogenated alkanes) is 3. The smallest absolute Gasteiger partial charge is 0.341 e. The van der Waals surface area contributed by atoms with E-state index in [0.717, 1.165) is 63.8 Å². The van der Waals surface area contributed by atoms with Crippen LogP contribution in [0.2, 0.25) is 0 Å². The van der Waals surface area contributed by atoms with Gasteiger partial charge >= 0.3 is 5.97 Å². The molecule has 0 aliphatic heterocycles. The second-order valence-corrected chi connectivity index (χ2v) is 12.0. The maximum absolute atomic E-state index is 13.2. The zero-order valence-corrected chi connectivity index (χ0v) is 27.7. The first kappa shape index (κ1) is 36.0. The Kier molecular flexibility index (Phi) is 17.0. The molecule has 1 atom stereocenters. The summed E-state index contributed by atoms with van der Waals surface area (Å²) in [4.78, 5) is 27.8. The molecule has 0 saturated heterocycles. The molecule has 0 aromatic heterocycles. The first-order valence-corrected chi connectivity index (χ1v) is 16.7. The maximum Gasteiger partial charge on any atom is 0.341 e. The summed E-state index contributed by atoms with van der Waals surface area (Å²) in [5, 5.41) is 0. The predicted molar refractivity (Wildman–Crippen MR) is 182 cm³/mol. The molecule has 0 saturated carbocycles. The first-order chi connectivity index (χ1) is 22.0. The maximum atomic E-state index is 13.2. The van der Waals surface area contributed by atoms with E-state index in [9.17, 15) is 9.59 Å². The molecule has 0 spiro atoms. The summed E-state index contributed by atoms with van der Waals surface area (Å²) in [6, 6.07) is 25.4. The molecule has 45 heavy (non-hydrogen) atoms. The van der Waals surface area contributed by atoms with Gasteiger partial charge in [-0.05, 0) is 87.4 Å². The highest BCUT2D eigenvalue weighted by Gasteiger charge is 2.19. The van der Waals surface area contributed by atoms with Gasteiger partial charge in [0.2, 0.25) is 0 Å². The zero-order chi connectivity index (χ0) is 32.1. The number of carbonyl (C=O) groups excluding carboxylic acids is 2. The minimum Gasteiger partial charge on any atom is -0.488 e. The molecule has 3 rings (SSSR count). The quantitative estimate of drug-likeness (QED) is 0.0605. The Morgan fingerprint density at radius 2 is 1.47 bits per heavy atom. The highest BCUT2D eigenvalue weighted by Crippen LogP contribution is 2.24. The molecule has 6 nitrogen and oxygen atoms in total. The van der Waals surface area contributed by atoms with Crippen LogP contribution < -0.4 is 4.74 Å². The Balaban J connectivity index is 1.42. The number of ether oxygens (including phenoxy) is 3. The van der Waals surface area contributed by atoms with Crippen molar-refractivity contribution in [2.45, 2.75) is 77.7 Å². The molecule has 6 heteroatoms. The van der Waals surface area contributed by atoms with Gasteiger partial charge in [-0.2, -0.15) is 0 Å². The van der Waals surface area contributed by atoms with Crippen molar-refractivity contribution in [2.24, 2.45) is 5.92 Å². The van der Waals surface area contributed by atoms with Crippen LogP contribution in [0.15, 0.2) is 78.9 Å². The summed E-state index contributed by atoms with van der Waals surface area (Å²) in [6.07, 6.45) is 11.6. The van der Waals surface area contributed by atoms with Crippen LogP contribution in [0.3, 0.4) is 0 Å². The van der Waals surface area contributed by atoms with Gasteiger partial charge in [-0.15, -0.1) is 0 Å². The van der Waals surface area contributed by atoms with Crippen LogP contribution in [0.1, 0.15) is 96.6 Å².